The fourth-order valence-corrected chi connectivity index (χ4v) is 3.77. The van der Waals surface area contributed by atoms with Crippen LogP contribution in [0.5, 0.6) is 0 Å². The fourth-order valence-electron chi connectivity index (χ4n) is 3.77. The molecule has 4 aromatic rings. The topological polar surface area (TPSA) is 87.1 Å². The minimum atomic E-state index is -0.209. The van der Waals surface area contributed by atoms with Crippen LogP contribution in [0.1, 0.15) is 11.8 Å². The molecular formula is C24H25N7O. The molecule has 1 amide bonds. The van der Waals surface area contributed by atoms with E-state index in [2.05, 4.69) is 42.1 Å². The number of anilines is 2. The first-order valence-electron chi connectivity index (χ1n) is 10.5. The van der Waals surface area contributed by atoms with Gasteiger partial charge in [-0.3, -0.25) is 14.8 Å². The van der Waals surface area contributed by atoms with Gasteiger partial charge in [-0.15, -0.1) is 0 Å². The lowest BCUT2D eigenvalue weighted by atomic mass is 10.1. The molecular weight excluding hydrogens is 402 g/mol. The summed E-state index contributed by atoms with van der Waals surface area (Å²) in [6.45, 7) is 3.76. The molecule has 4 heterocycles. The normalized spacial score (nSPS) is 14.5. The summed E-state index contributed by atoms with van der Waals surface area (Å²) in [6.07, 6.45) is 8.49. The van der Waals surface area contributed by atoms with Crippen LogP contribution in [0.4, 0.5) is 11.6 Å². The number of benzene rings is 1. The van der Waals surface area contributed by atoms with Crippen LogP contribution in [0.3, 0.4) is 0 Å². The molecule has 1 N–H and O–H groups in total. The van der Waals surface area contributed by atoms with Crippen molar-refractivity contribution in [1.29, 1.82) is 0 Å². The molecule has 0 spiro atoms. The maximum absolute atomic E-state index is 12.9. The van der Waals surface area contributed by atoms with E-state index in [1.807, 2.05) is 30.3 Å². The first kappa shape index (κ1) is 20.0. The molecule has 3 aromatic heterocycles. The Labute approximate surface area is 187 Å². The monoisotopic (exact) mass is 427 g/mol. The Bertz CT molecular complexity index is 1260. The quantitative estimate of drug-likeness (QED) is 0.534. The van der Waals surface area contributed by atoms with Gasteiger partial charge in [0.25, 0.3) is 5.91 Å². The number of amides is 1. The van der Waals surface area contributed by atoms with Crippen molar-refractivity contribution in [3.8, 4) is 11.3 Å². The van der Waals surface area contributed by atoms with Crippen molar-refractivity contribution < 1.29 is 6.22 Å². The van der Waals surface area contributed by atoms with E-state index in [0.29, 0.717) is 11.4 Å². The minimum Gasteiger partial charge on any atom is -0.354 e. The highest BCUT2D eigenvalue weighted by molar-refractivity contribution is 6.05. The van der Waals surface area contributed by atoms with Gasteiger partial charge in [0.1, 0.15) is 11.6 Å². The molecule has 1 saturated heterocycles. The van der Waals surface area contributed by atoms with Crippen LogP contribution in [-0.4, -0.2) is 64.0 Å². The van der Waals surface area contributed by atoms with E-state index in [0.717, 1.165) is 54.0 Å². The standard InChI is InChI=1S/C24H23N7O.H2/c1-30-8-10-31(11-9-30)23-14-18(4-5-27-23)24(32)29-22-13-20-12-17(2-3-19(20)15-28-22)21-16-25-6-7-26-21;/h2-7,12-16H,8-11H2,1H3,(H,28,29,32);1H. The third-order valence-corrected chi connectivity index (χ3v) is 5.66. The molecule has 0 aliphatic carbocycles. The van der Waals surface area contributed by atoms with E-state index in [1.165, 1.54) is 0 Å². The van der Waals surface area contributed by atoms with Crippen LogP contribution in [0.2, 0.25) is 0 Å². The van der Waals surface area contributed by atoms with Crippen molar-refractivity contribution in [1.82, 2.24) is 24.8 Å². The number of carbonyl (C=O) groups excluding carboxylic acids is 1. The molecule has 1 aliphatic rings. The Balaban J connectivity index is 0.00000259. The zero-order valence-corrected chi connectivity index (χ0v) is 17.8. The second-order valence-electron chi connectivity index (χ2n) is 7.87. The number of pyridine rings is 2. The SMILES string of the molecule is CN1CCN(c2cc(C(=O)Nc3cc4cc(-c5cnccn5)ccc4cn3)ccn2)CC1.[HH]. The molecule has 32 heavy (non-hydrogen) atoms. The molecule has 5 rings (SSSR count). The van der Waals surface area contributed by atoms with E-state index in [-0.39, 0.29) is 7.33 Å². The molecule has 1 fully saturated rings. The van der Waals surface area contributed by atoms with Crippen molar-refractivity contribution in [2.24, 2.45) is 0 Å². The molecule has 0 atom stereocenters. The Hall–Kier alpha value is -3.91. The van der Waals surface area contributed by atoms with Gasteiger partial charge in [0.05, 0.1) is 11.9 Å². The number of nitrogens with one attached hydrogen (secondary N) is 1. The van der Waals surface area contributed by atoms with Crippen molar-refractivity contribution >= 4 is 28.3 Å². The van der Waals surface area contributed by atoms with Gasteiger partial charge in [0.15, 0.2) is 0 Å². The van der Waals surface area contributed by atoms with Gasteiger partial charge in [0.2, 0.25) is 0 Å². The smallest absolute Gasteiger partial charge is 0.257 e. The summed E-state index contributed by atoms with van der Waals surface area (Å²) in [5, 5.41) is 4.86. The van der Waals surface area contributed by atoms with Crippen LogP contribution >= 0.6 is 0 Å². The van der Waals surface area contributed by atoms with Gasteiger partial charge in [0, 0.05) is 68.9 Å². The van der Waals surface area contributed by atoms with E-state index in [9.17, 15) is 4.79 Å². The maximum atomic E-state index is 12.9. The van der Waals surface area contributed by atoms with E-state index in [4.69, 9.17) is 0 Å². The molecule has 8 nitrogen and oxygen atoms in total. The number of aromatic nitrogens is 4. The molecule has 162 valence electrons. The maximum Gasteiger partial charge on any atom is 0.257 e. The van der Waals surface area contributed by atoms with Crippen LogP contribution in [0.15, 0.2) is 67.4 Å². The Morgan fingerprint density at radius 2 is 1.78 bits per heavy atom. The molecule has 0 radical (unpaired) electrons. The summed E-state index contributed by atoms with van der Waals surface area (Å²) in [6, 6.07) is 11.4. The zero-order valence-electron chi connectivity index (χ0n) is 17.8. The highest BCUT2D eigenvalue weighted by Crippen LogP contribution is 2.24. The highest BCUT2D eigenvalue weighted by Gasteiger charge is 2.17. The second-order valence-corrected chi connectivity index (χ2v) is 7.87. The van der Waals surface area contributed by atoms with Crippen molar-refractivity contribution in [3.05, 3.63) is 72.9 Å². The van der Waals surface area contributed by atoms with Gasteiger partial charge in [-0.25, -0.2) is 9.97 Å². The Kier molecular flexibility index (Phi) is 5.43. The van der Waals surface area contributed by atoms with E-state index < -0.39 is 0 Å². The lowest BCUT2D eigenvalue weighted by Crippen LogP contribution is -2.44. The lowest BCUT2D eigenvalue weighted by molar-refractivity contribution is 0.102. The molecule has 0 saturated carbocycles. The van der Waals surface area contributed by atoms with Gasteiger partial charge in [-0.05, 0) is 36.7 Å². The summed E-state index contributed by atoms with van der Waals surface area (Å²) < 4.78 is 0. The number of nitrogens with zero attached hydrogens (tertiary/aromatic N) is 6. The fraction of sp³-hybridized carbons (Fsp3) is 0.208. The lowest BCUT2D eigenvalue weighted by Gasteiger charge is -2.33. The first-order valence-corrected chi connectivity index (χ1v) is 10.5. The summed E-state index contributed by atoms with van der Waals surface area (Å²) >= 11 is 0. The molecule has 0 bridgehead atoms. The van der Waals surface area contributed by atoms with Gasteiger partial charge >= 0.3 is 0 Å². The number of carbonyl (C=O) groups is 1. The average Bonchev–Trinajstić information content (AvgIpc) is 2.84. The Morgan fingerprint density at radius 1 is 0.906 bits per heavy atom. The highest BCUT2D eigenvalue weighted by atomic mass is 16.1. The summed E-state index contributed by atoms with van der Waals surface area (Å²) in [5.74, 6) is 1.11. The number of rotatable bonds is 4. The van der Waals surface area contributed by atoms with E-state index >= 15 is 0 Å². The van der Waals surface area contributed by atoms with Gasteiger partial charge in [-0.2, -0.15) is 0 Å². The van der Waals surface area contributed by atoms with Gasteiger partial charge in [-0.1, -0.05) is 12.1 Å². The summed E-state index contributed by atoms with van der Waals surface area (Å²) in [4.78, 5) is 34.7. The average molecular weight is 428 g/mol. The zero-order chi connectivity index (χ0) is 21.9. The van der Waals surface area contributed by atoms with Crippen LogP contribution in [-0.2, 0) is 0 Å². The molecule has 8 heteroatoms. The first-order chi connectivity index (χ1) is 15.7. The van der Waals surface area contributed by atoms with E-state index in [1.54, 1.807) is 37.1 Å². The number of fused-ring (bicyclic) bond motifs is 1. The predicted molar refractivity (Wildman–Crippen MR) is 127 cm³/mol. The number of hydrogen-bond donors (Lipinski definition) is 1. The largest absolute Gasteiger partial charge is 0.354 e. The summed E-state index contributed by atoms with van der Waals surface area (Å²) in [5.41, 5.74) is 2.31. The van der Waals surface area contributed by atoms with Crippen LogP contribution < -0.4 is 10.2 Å². The molecule has 0 unspecified atom stereocenters. The second kappa shape index (κ2) is 8.68. The van der Waals surface area contributed by atoms with Crippen LogP contribution in [0, 0.1) is 0 Å². The third kappa shape index (κ3) is 4.26. The van der Waals surface area contributed by atoms with Gasteiger partial charge < -0.3 is 15.1 Å². The molecule has 1 aliphatic heterocycles. The van der Waals surface area contributed by atoms with Crippen molar-refractivity contribution in [2.45, 2.75) is 0 Å². The number of hydrogen-bond acceptors (Lipinski definition) is 7. The van der Waals surface area contributed by atoms with Crippen molar-refractivity contribution in [2.75, 3.05) is 43.4 Å². The third-order valence-electron chi connectivity index (χ3n) is 5.66. The minimum absolute atomic E-state index is 0. The molecule has 1 aromatic carbocycles. The van der Waals surface area contributed by atoms with Crippen molar-refractivity contribution in [3.63, 3.8) is 0 Å². The predicted octanol–water partition coefficient (Wildman–Crippen LogP) is 3.34. The Morgan fingerprint density at radius 3 is 2.59 bits per heavy atom. The number of piperazine rings is 1. The number of likely N-dealkylation sites (N-methyl/N-ethyl adjacent to an activating group) is 1. The van der Waals surface area contributed by atoms with Crippen LogP contribution in [0.25, 0.3) is 22.0 Å². The summed E-state index contributed by atoms with van der Waals surface area (Å²) in [7, 11) is 2.11.